The summed E-state index contributed by atoms with van der Waals surface area (Å²) in [6, 6.07) is 0. The number of hydrogen-bond donors (Lipinski definition) is 1. The van der Waals surface area contributed by atoms with Gasteiger partial charge in [0, 0.05) is 19.3 Å². The highest BCUT2D eigenvalue weighted by Gasteiger charge is 1.99. The van der Waals surface area contributed by atoms with E-state index in [0.29, 0.717) is 0 Å². The fraction of sp³-hybridized carbons (Fsp3) is 0.750. The monoisotopic (exact) mass is 241 g/mol. The van der Waals surface area contributed by atoms with Crippen LogP contribution in [0.4, 0.5) is 0 Å². The molecule has 92 valence electrons. The van der Waals surface area contributed by atoms with Crippen LogP contribution in [0.5, 0.6) is 0 Å². The number of aromatic nitrogens is 2. The number of imidazole rings is 1. The van der Waals surface area contributed by atoms with Crippen LogP contribution in [-0.4, -0.2) is 28.1 Å². The summed E-state index contributed by atoms with van der Waals surface area (Å²) >= 11 is 1.92. The van der Waals surface area contributed by atoms with Gasteiger partial charge in [0.2, 0.25) is 0 Å². The molecule has 4 heteroatoms. The number of thioether (sulfide) groups is 1. The molecule has 0 spiro atoms. The molecule has 16 heavy (non-hydrogen) atoms. The summed E-state index contributed by atoms with van der Waals surface area (Å²) in [4.78, 5) is 4.19. The molecule has 0 saturated heterocycles. The predicted molar refractivity (Wildman–Crippen MR) is 71.8 cm³/mol. The van der Waals surface area contributed by atoms with E-state index in [2.05, 4.69) is 28.0 Å². The second-order valence-corrected chi connectivity index (χ2v) is 4.94. The zero-order valence-electron chi connectivity index (χ0n) is 10.4. The Kier molecular flexibility index (Phi) is 7.34. The maximum atomic E-state index is 4.19. The van der Waals surface area contributed by atoms with Crippen LogP contribution in [-0.2, 0) is 13.1 Å². The van der Waals surface area contributed by atoms with Crippen molar-refractivity contribution < 1.29 is 0 Å². The maximum Gasteiger partial charge on any atom is 0.0948 e. The molecule has 0 aliphatic carbocycles. The average molecular weight is 241 g/mol. The fourth-order valence-corrected chi connectivity index (χ4v) is 2.14. The van der Waals surface area contributed by atoms with Crippen molar-refractivity contribution in [1.29, 1.82) is 0 Å². The van der Waals surface area contributed by atoms with E-state index < -0.39 is 0 Å². The minimum atomic E-state index is 0.944. The summed E-state index contributed by atoms with van der Waals surface area (Å²) < 4.78 is 2.23. The quantitative estimate of drug-likeness (QED) is 0.674. The van der Waals surface area contributed by atoms with Crippen molar-refractivity contribution in [2.45, 2.75) is 39.3 Å². The van der Waals surface area contributed by atoms with Gasteiger partial charge in [-0.1, -0.05) is 6.92 Å². The number of hydrogen-bond acceptors (Lipinski definition) is 3. The van der Waals surface area contributed by atoms with Crippen molar-refractivity contribution in [3.05, 3.63) is 18.2 Å². The smallest absolute Gasteiger partial charge is 0.0948 e. The summed E-state index contributed by atoms with van der Waals surface area (Å²) in [5.74, 6) is 1.27. The highest BCUT2D eigenvalue weighted by atomic mass is 32.2. The Balaban J connectivity index is 2.13. The van der Waals surface area contributed by atoms with Gasteiger partial charge in [0.25, 0.3) is 0 Å². The zero-order chi connectivity index (χ0) is 11.6. The first-order valence-corrected chi connectivity index (χ1v) is 7.46. The highest BCUT2D eigenvalue weighted by molar-refractivity contribution is 7.98. The van der Waals surface area contributed by atoms with E-state index in [-0.39, 0.29) is 0 Å². The molecule has 0 aromatic carbocycles. The first-order chi connectivity index (χ1) is 7.88. The van der Waals surface area contributed by atoms with Gasteiger partial charge in [-0.05, 0) is 37.8 Å². The van der Waals surface area contributed by atoms with E-state index in [0.717, 1.165) is 26.1 Å². The number of unbranched alkanes of at least 4 members (excludes halogenated alkanes) is 1. The summed E-state index contributed by atoms with van der Waals surface area (Å²) in [6.07, 6.45) is 9.79. The van der Waals surface area contributed by atoms with Gasteiger partial charge < -0.3 is 9.88 Å². The highest BCUT2D eigenvalue weighted by Crippen LogP contribution is 2.01. The fourth-order valence-electron chi connectivity index (χ4n) is 1.65. The summed E-state index contributed by atoms with van der Waals surface area (Å²) in [7, 11) is 0. The largest absolute Gasteiger partial charge is 0.333 e. The van der Waals surface area contributed by atoms with Crippen molar-refractivity contribution in [3.8, 4) is 0 Å². The molecule has 1 aromatic heterocycles. The van der Waals surface area contributed by atoms with Crippen molar-refractivity contribution in [1.82, 2.24) is 14.9 Å². The van der Waals surface area contributed by atoms with Crippen LogP contribution in [0.3, 0.4) is 0 Å². The number of nitrogens with zero attached hydrogens (tertiary/aromatic N) is 2. The van der Waals surface area contributed by atoms with E-state index in [1.165, 1.54) is 24.3 Å². The number of nitrogens with one attached hydrogen (secondary N) is 1. The minimum absolute atomic E-state index is 0.944. The van der Waals surface area contributed by atoms with Crippen molar-refractivity contribution in [3.63, 3.8) is 0 Å². The molecule has 1 aromatic rings. The number of rotatable bonds is 9. The van der Waals surface area contributed by atoms with Gasteiger partial charge in [0.15, 0.2) is 0 Å². The first kappa shape index (κ1) is 13.6. The van der Waals surface area contributed by atoms with Crippen LogP contribution in [0.25, 0.3) is 0 Å². The lowest BCUT2D eigenvalue weighted by atomic mass is 10.3. The Morgan fingerprint density at radius 2 is 2.31 bits per heavy atom. The molecule has 0 atom stereocenters. The van der Waals surface area contributed by atoms with E-state index in [1.54, 1.807) is 0 Å². The topological polar surface area (TPSA) is 29.9 Å². The molecule has 0 aliphatic rings. The van der Waals surface area contributed by atoms with E-state index in [1.807, 2.05) is 24.3 Å². The second-order valence-electron chi connectivity index (χ2n) is 3.96. The van der Waals surface area contributed by atoms with Crippen molar-refractivity contribution in [2.75, 3.05) is 18.6 Å². The van der Waals surface area contributed by atoms with E-state index >= 15 is 0 Å². The van der Waals surface area contributed by atoms with Crippen LogP contribution < -0.4 is 5.32 Å². The summed E-state index contributed by atoms with van der Waals surface area (Å²) in [5.41, 5.74) is 1.30. The molecule has 1 rings (SSSR count). The van der Waals surface area contributed by atoms with Gasteiger partial charge in [-0.25, -0.2) is 4.98 Å². The van der Waals surface area contributed by atoms with Gasteiger partial charge >= 0.3 is 0 Å². The van der Waals surface area contributed by atoms with Crippen LogP contribution in [0.2, 0.25) is 0 Å². The van der Waals surface area contributed by atoms with Crippen LogP contribution in [0.1, 0.15) is 31.9 Å². The SMILES string of the molecule is CCCn1cncc1CNCCCCSC. The van der Waals surface area contributed by atoms with Crippen LogP contribution in [0, 0.1) is 0 Å². The van der Waals surface area contributed by atoms with Gasteiger partial charge in [-0.3, -0.25) is 0 Å². The van der Waals surface area contributed by atoms with Crippen LogP contribution in [0.15, 0.2) is 12.5 Å². The molecule has 0 fully saturated rings. The normalized spacial score (nSPS) is 10.9. The molecule has 3 nitrogen and oxygen atoms in total. The second kappa shape index (κ2) is 8.65. The van der Waals surface area contributed by atoms with Gasteiger partial charge in [0.1, 0.15) is 0 Å². The molecule has 0 unspecified atom stereocenters. The molecule has 0 bridgehead atoms. The minimum Gasteiger partial charge on any atom is -0.333 e. The molecular formula is C12H23N3S. The number of aryl methyl sites for hydroxylation is 1. The molecule has 0 radical (unpaired) electrons. The third-order valence-electron chi connectivity index (χ3n) is 2.52. The van der Waals surface area contributed by atoms with E-state index in [4.69, 9.17) is 0 Å². The lowest BCUT2D eigenvalue weighted by Crippen LogP contribution is -2.17. The molecule has 1 N–H and O–H groups in total. The van der Waals surface area contributed by atoms with Gasteiger partial charge in [0.05, 0.1) is 12.0 Å². The third-order valence-corrected chi connectivity index (χ3v) is 3.22. The third kappa shape index (κ3) is 5.03. The van der Waals surface area contributed by atoms with E-state index in [9.17, 15) is 0 Å². The predicted octanol–water partition coefficient (Wildman–Crippen LogP) is 2.53. The standard InChI is InChI=1S/C12H23N3S/c1-3-7-15-11-14-10-12(15)9-13-6-4-5-8-16-2/h10-11,13H,3-9H2,1-2H3. The Morgan fingerprint density at radius 3 is 3.06 bits per heavy atom. The molecule has 0 aliphatic heterocycles. The lowest BCUT2D eigenvalue weighted by molar-refractivity contribution is 0.588. The molecule has 0 saturated carbocycles. The van der Waals surface area contributed by atoms with Crippen molar-refractivity contribution in [2.24, 2.45) is 0 Å². The van der Waals surface area contributed by atoms with Crippen molar-refractivity contribution >= 4 is 11.8 Å². The molecule has 0 amide bonds. The van der Waals surface area contributed by atoms with Gasteiger partial charge in [-0.2, -0.15) is 11.8 Å². The summed E-state index contributed by atoms with van der Waals surface area (Å²) in [5, 5.41) is 3.48. The zero-order valence-corrected chi connectivity index (χ0v) is 11.2. The Bertz CT molecular complexity index is 273. The van der Waals surface area contributed by atoms with Crippen LogP contribution >= 0.6 is 11.8 Å². The Morgan fingerprint density at radius 1 is 1.44 bits per heavy atom. The Labute approximate surface area is 103 Å². The lowest BCUT2D eigenvalue weighted by Gasteiger charge is -2.07. The average Bonchev–Trinajstić information content (AvgIpc) is 2.72. The summed E-state index contributed by atoms with van der Waals surface area (Å²) in [6.45, 7) is 5.32. The maximum absolute atomic E-state index is 4.19. The Hall–Kier alpha value is -0.480. The molecular weight excluding hydrogens is 218 g/mol. The van der Waals surface area contributed by atoms with Gasteiger partial charge in [-0.15, -0.1) is 0 Å². The molecule has 1 heterocycles. The first-order valence-electron chi connectivity index (χ1n) is 6.07.